The molecule has 0 atom stereocenters. The Bertz CT molecular complexity index is 172. The molecule has 0 aliphatic carbocycles. The fourth-order valence-electron chi connectivity index (χ4n) is 1.08. The van der Waals surface area contributed by atoms with Crippen LogP contribution >= 0.6 is 23.0 Å². The summed E-state index contributed by atoms with van der Waals surface area (Å²) >= 11 is 3.05. The monoisotopic (exact) mass is 298 g/mol. The van der Waals surface area contributed by atoms with Gasteiger partial charge in [0, 0.05) is 29.6 Å². The van der Waals surface area contributed by atoms with Crippen LogP contribution in [0, 0.1) is 0 Å². The average molecular weight is 299 g/mol. The Morgan fingerprint density at radius 2 is 1.41 bits per heavy atom. The first kappa shape index (κ1) is 17.8. The minimum absolute atomic E-state index is 0.212. The molecule has 104 valence electrons. The summed E-state index contributed by atoms with van der Waals surface area (Å²) in [6, 6.07) is 1.04. The molecule has 3 nitrogen and oxygen atoms in total. The van der Waals surface area contributed by atoms with Crippen molar-refractivity contribution in [1.82, 2.24) is 0 Å². The van der Waals surface area contributed by atoms with Gasteiger partial charge in [-0.2, -0.15) is 0 Å². The van der Waals surface area contributed by atoms with Crippen LogP contribution in [0.3, 0.4) is 0 Å². The van der Waals surface area contributed by atoms with E-state index in [4.69, 9.17) is 12.8 Å². The topological polar surface area (TPSA) is 27.7 Å². The van der Waals surface area contributed by atoms with Gasteiger partial charge in [-0.05, 0) is 40.7 Å². The molecule has 0 heterocycles. The lowest BCUT2D eigenvalue weighted by molar-refractivity contribution is 0.280. The van der Waals surface area contributed by atoms with Gasteiger partial charge in [0.25, 0.3) is 0 Å². The van der Waals surface area contributed by atoms with Crippen LogP contribution in [-0.4, -0.2) is 25.4 Å². The predicted molar refractivity (Wildman–Crippen MR) is 80.1 cm³/mol. The maximum Gasteiger partial charge on any atom is 0.375 e. The van der Waals surface area contributed by atoms with Gasteiger partial charge in [-0.1, -0.05) is 13.3 Å². The molecule has 0 rings (SSSR count). The number of hydrogen-bond acceptors (Lipinski definition) is 5. The highest BCUT2D eigenvalue weighted by atomic mass is 32.6. The van der Waals surface area contributed by atoms with E-state index in [0.717, 1.165) is 19.1 Å². The quantitative estimate of drug-likeness (QED) is 0.437. The van der Waals surface area contributed by atoms with Crippen LogP contribution in [0.15, 0.2) is 0 Å². The Morgan fingerprint density at radius 3 is 1.71 bits per heavy atom. The highest BCUT2D eigenvalue weighted by Gasteiger charge is 2.40. The van der Waals surface area contributed by atoms with Crippen molar-refractivity contribution in [2.24, 2.45) is 0 Å². The maximum absolute atomic E-state index is 5.99. The van der Waals surface area contributed by atoms with Crippen LogP contribution in [0.5, 0.6) is 0 Å². The molecule has 0 aromatic rings. The molecule has 0 bridgehead atoms. The van der Waals surface area contributed by atoms with Crippen molar-refractivity contribution in [3.8, 4) is 0 Å². The van der Waals surface area contributed by atoms with E-state index in [1.54, 1.807) is 0 Å². The smallest absolute Gasteiger partial charge is 0.375 e. The minimum Gasteiger partial charge on any atom is -0.397 e. The average Bonchev–Trinajstić information content (AvgIpc) is 2.24. The molecule has 6 heteroatoms. The van der Waals surface area contributed by atoms with Gasteiger partial charge in [0.1, 0.15) is 0 Å². The van der Waals surface area contributed by atoms with Gasteiger partial charge in [-0.15, -0.1) is 0 Å². The fraction of sp³-hybridized carbons (Fsp3) is 1.00. The fourth-order valence-corrected chi connectivity index (χ4v) is 9.04. The van der Waals surface area contributed by atoms with Gasteiger partial charge in [0.15, 0.2) is 0 Å². The summed E-state index contributed by atoms with van der Waals surface area (Å²) in [7, 11) is 0. The maximum atomic E-state index is 5.99. The normalized spacial score (nSPS) is 12.7. The zero-order valence-corrected chi connectivity index (χ0v) is 14.5. The Labute approximate surface area is 115 Å². The van der Waals surface area contributed by atoms with Crippen LogP contribution in [0.25, 0.3) is 0 Å². The number of rotatable bonds is 10. The molecule has 0 fully saturated rings. The molecule has 0 aromatic heterocycles. The SMILES string of the molecule is CCC[Si](OCC)(SOC(C)C)SOC(C)C. The van der Waals surface area contributed by atoms with E-state index in [2.05, 4.69) is 6.92 Å². The van der Waals surface area contributed by atoms with E-state index >= 15 is 0 Å². The van der Waals surface area contributed by atoms with Gasteiger partial charge in [0.05, 0.1) is 12.2 Å². The van der Waals surface area contributed by atoms with Gasteiger partial charge < -0.3 is 12.8 Å². The van der Waals surface area contributed by atoms with Crippen molar-refractivity contribution >= 4 is 29.6 Å². The third kappa shape index (κ3) is 8.50. The molecule has 0 N–H and O–H groups in total. The summed E-state index contributed by atoms with van der Waals surface area (Å²) in [5, 5.41) is 0. The van der Waals surface area contributed by atoms with Crippen molar-refractivity contribution in [1.29, 1.82) is 0 Å². The van der Waals surface area contributed by atoms with Crippen LogP contribution in [0.2, 0.25) is 6.04 Å². The third-order valence-corrected chi connectivity index (χ3v) is 10.2. The minimum atomic E-state index is -2.03. The second-order valence-electron chi connectivity index (χ2n) is 4.32. The highest BCUT2D eigenvalue weighted by molar-refractivity contribution is 8.54. The highest BCUT2D eigenvalue weighted by Crippen LogP contribution is 2.40. The molecule has 0 spiro atoms. The molecular weight excluding hydrogens is 272 g/mol. The van der Waals surface area contributed by atoms with Crippen LogP contribution in [0.1, 0.15) is 48.0 Å². The summed E-state index contributed by atoms with van der Waals surface area (Å²) in [6.45, 7) is 11.0. The van der Waals surface area contributed by atoms with Gasteiger partial charge in [0.2, 0.25) is 0 Å². The first-order valence-electron chi connectivity index (χ1n) is 6.28. The van der Waals surface area contributed by atoms with Crippen molar-refractivity contribution < 1.29 is 12.8 Å². The van der Waals surface area contributed by atoms with E-state index in [-0.39, 0.29) is 12.2 Å². The van der Waals surface area contributed by atoms with Crippen molar-refractivity contribution in [2.75, 3.05) is 6.61 Å². The summed E-state index contributed by atoms with van der Waals surface area (Å²) in [4.78, 5) is 0. The zero-order valence-electron chi connectivity index (χ0n) is 11.8. The van der Waals surface area contributed by atoms with Crippen molar-refractivity contribution in [2.45, 2.75) is 66.2 Å². The van der Waals surface area contributed by atoms with Gasteiger partial charge in [-0.3, -0.25) is 0 Å². The molecule has 0 radical (unpaired) electrons. The Hall–Kier alpha value is 0.797. The van der Waals surface area contributed by atoms with Crippen LogP contribution in [0.4, 0.5) is 0 Å². The summed E-state index contributed by atoms with van der Waals surface area (Å²) in [5.41, 5.74) is 0. The molecular formula is C11H26O3S2Si. The molecule has 0 saturated heterocycles. The lowest BCUT2D eigenvalue weighted by atomic mass is 10.5. The van der Waals surface area contributed by atoms with Crippen molar-refractivity contribution in [3.05, 3.63) is 0 Å². The molecule has 17 heavy (non-hydrogen) atoms. The first-order valence-corrected chi connectivity index (χ1v) is 11.3. The third-order valence-electron chi connectivity index (χ3n) is 1.66. The van der Waals surface area contributed by atoms with E-state index in [0.29, 0.717) is 0 Å². The zero-order chi connectivity index (χ0) is 13.3. The summed E-state index contributed by atoms with van der Waals surface area (Å²) in [5.74, 6) is 0. The summed E-state index contributed by atoms with van der Waals surface area (Å²) in [6.07, 6.45) is 1.52. The van der Waals surface area contributed by atoms with Crippen LogP contribution < -0.4 is 0 Å². The number of hydrogen-bond donors (Lipinski definition) is 0. The van der Waals surface area contributed by atoms with Crippen LogP contribution in [-0.2, 0) is 12.8 Å². The van der Waals surface area contributed by atoms with E-state index in [1.807, 2.05) is 34.6 Å². The summed E-state index contributed by atoms with van der Waals surface area (Å²) < 4.78 is 17.4. The molecule has 0 aliphatic heterocycles. The Balaban J connectivity index is 4.47. The molecule has 0 aliphatic rings. The van der Waals surface area contributed by atoms with Crippen molar-refractivity contribution in [3.63, 3.8) is 0 Å². The van der Waals surface area contributed by atoms with Gasteiger partial charge in [-0.25, -0.2) is 0 Å². The second-order valence-corrected chi connectivity index (χ2v) is 12.9. The lowest BCUT2D eigenvalue weighted by Crippen LogP contribution is -2.33. The second kappa shape index (κ2) is 9.69. The molecule has 0 unspecified atom stereocenters. The molecule has 0 aromatic carbocycles. The first-order chi connectivity index (χ1) is 7.95. The van der Waals surface area contributed by atoms with E-state index < -0.39 is 6.62 Å². The Kier molecular flexibility index (Phi) is 10.1. The van der Waals surface area contributed by atoms with E-state index in [1.165, 1.54) is 23.0 Å². The lowest BCUT2D eigenvalue weighted by Gasteiger charge is -2.28. The predicted octanol–water partition coefficient (Wildman–Crippen LogP) is 4.52. The van der Waals surface area contributed by atoms with E-state index in [9.17, 15) is 0 Å². The Morgan fingerprint density at radius 1 is 0.941 bits per heavy atom. The molecule has 0 saturated carbocycles. The standard InChI is InChI=1S/C11H26O3S2Si/c1-7-9-17(12-8-2,15-13-10(3)4)16-14-11(5)6/h10-11H,7-9H2,1-6H3. The molecule has 0 amide bonds. The van der Waals surface area contributed by atoms with Gasteiger partial charge >= 0.3 is 6.62 Å². The largest absolute Gasteiger partial charge is 0.397 e.